The number of carbonyl (C=O) groups excluding carboxylic acids is 1. The molecule has 0 saturated carbocycles. The van der Waals surface area contributed by atoms with Crippen LogP contribution in [-0.4, -0.2) is 28.8 Å². The molecule has 23 heavy (non-hydrogen) atoms. The molecule has 0 bridgehead atoms. The van der Waals surface area contributed by atoms with Gasteiger partial charge in [0.15, 0.2) is 0 Å². The number of amides is 1. The van der Waals surface area contributed by atoms with Crippen molar-refractivity contribution in [2.24, 2.45) is 0 Å². The minimum absolute atomic E-state index is 0.252. The molecule has 1 aromatic carbocycles. The summed E-state index contributed by atoms with van der Waals surface area (Å²) in [5.41, 5.74) is 2.93. The summed E-state index contributed by atoms with van der Waals surface area (Å²) < 4.78 is 5.13. The first-order chi connectivity index (χ1) is 10.7. The van der Waals surface area contributed by atoms with Crippen molar-refractivity contribution >= 4 is 12.1 Å². The Kier molecular flexibility index (Phi) is 5.29. The van der Waals surface area contributed by atoms with Crippen molar-refractivity contribution in [2.45, 2.75) is 64.5 Å². The van der Waals surface area contributed by atoms with Gasteiger partial charge in [0.05, 0.1) is 0 Å². The van der Waals surface area contributed by atoms with Gasteiger partial charge in [0.25, 0.3) is 0 Å². The second-order valence-electron chi connectivity index (χ2n) is 7.05. The third-order valence-corrected chi connectivity index (χ3v) is 3.84. The number of hydrogen-bond donors (Lipinski definition) is 2. The summed E-state index contributed by atoms with van der Waals surface area (Å²) >= 11 is 0. The average Bonchev–Trinajstić information content (AvgIpc) is 2.44. The first kappa shape index (κ1) is 17.3. The van der Waals surface area contributed by atoms with Gasteiger partial charge in [-0.2, -0.15) is 0 Å². The number of hydrogen-bond acceptors (Lipinski definition) is 3. The van der Waals surface area contributed by atoms with Crippen molar-refractivity contribution in [1.82, 2.24) is 5.32 Å². The number of aliphatic carboxylic acids is 1. The van der Waals surface area contributed by atoms with Crippen LogP contribution in [0.15, 0.2) is 18.2 Å². The Labute approximate surface area is 137 Å². The van der Waals surface area contributed by atoms with Crippen LogP contribution in [0, 0.1) is 0 Å². The van der Waals surface area contributed by atoms with Crippen LogP contribution in [-0.2, 0) is 28.8 Å². The zero-order chi connectivity index (χ0) is 17.0. The van der Waals surface area contributed by atoms with E-state index in [1.54, 1.807) is 20.8 Å². The first-order valence-corrected chi connectivity index (χ1v) is 8.07. The van der Waals surface area contributed by atoms with Crippen LogP contribution in [0.4, 0.5) is 4.79 Å². The molecule has 0 radical (unpaired) electrons. The standard InChI is InChI=1S/C18H25NO4/c1-18(2,3)23-17(22)19-15(16(20)21)11-12-8-9-13-6-4-5-7-14(13)10-12/h8-10,15H,4-7,11H2,1-3H3,(H,19,22)(H,20,21)/t15-/m0/s1. The number of carboxylic acid groups (broad SMARTS) is 1. The zero-order valence-corrected chi connectivity index (χ0v) is 14.0. The summed E-state index contributed by atoms with van der Waals surface area (Å²) in [5.74, 6) is -1.06. The predicted molar refractivity (Wildman–Crippen MR) is 87.6 cm³/mol. The molecule has 1 aliphatic carbocycles. The maximum absolute atomic E-state index is 11.8. The topological polar surface area (TPSA) is 75.6 Å². The Hall–Kier alpha value is -2.04. The lowest BCUT2D eigenvalue weighted by Gasteiger charge is -2.22. The molecule has 5 heteroatoms. The van der Waals surface area contributed by atoms with Crippen LogP contribution in [0.2, 0.25) is 0 Å². The molecule has 0 aliphatic heterocycles. The molecule has 2 rings (SSSR count). The highest BCUT2D eigenvalue weighted by Crippen LogP contribution is 2.22. The van der Waals surface area contributed by atoms with Gasteiger partial charge < -0.3 is 15.2 Å². The maximum atomic E-state index is 11.8. The van der Waals surface area contributed by atoms with Gasteiger partial charge in [0.2, 0.25) is 0 Å². The van der Waals surface area contributed by atoms with Gasteiger partial charge in [0.1, 0.15) is 11.6 Å². The van der Waals surface area contributed by atoms with Gasteiger partial charge in [-0.05, 0) is 63.1 Å². The number of fused-ring (bicyclic) bond motifs is 1. The summed E-state index contributed by atoms with van der Waals surface area (Å²) in [4.78, 5) is 23.2. The summed E-state index contributed by atoms with van der Waals surface area (Å²) in [6.45, 7) is 5.23. The Morgan fingerprint density at radius 2 is 1.87 bits per heavy atom. The summed E-state index contributed by atoms with van der Waals surface area (Å²) in [7, 11) is 0. The number of ether oxygens (including phenoxy) is 1. The smallest absolute Gasteiger partial charge is 0.408 e. The molecule has 0 fully saturated rings. The Morgan fingerprint density at radius 3 is 2.48 bits per heavy atom. The van der Waals surface area contributed by atoms with Gasteiger partial charge in [-0.1, -0.05) is 18.2 Å². The van der Waals surface area contributed by atoms with Crippen LogP contribution >= 0.6 is 0 Å². The van der Waals surface area contributed by atoms with Crippen LogP contribution in [0.5, 0.6) is 0 Å². The quantitative estimate of drug-likeness (QED) is 0.894. The number of aryl methyl sites for hydroxylation is 2. The van der Waals surface area contributed by atoms with Gasteiger partial charge >= 0.3 is 12.1 Å². The minimum atomic E-state index is -1.06. The second kappa shape index (κ2) is 7.02. The van der Waals surface area contributed by atoms with E-state index in [2.05, 4.69) is 17.4 Å². The maximum Gasteiger partial charge on any atom is 0.408 e. The van der Waals surface area contributed by atoms with Crippen LogP contribution in [0.1, 0.15) is 50.3 Å². The highest BCUT2D eigenvalue weighted by molar-refractivity contribution is 5.80. The van der Waals surface area contributed by atoms with Gasteiger partial charge in [-0.3, -0.25) is 0 Å². The number of carbonyl (C=O) groups is 2. The van der Waals surface area contributed by atoms with Crippen LogP contribution < -0.4 is 5.32 Å². The summed E-state index contributed by atoms with van der Waals surface area (Å²) in [6.07, 6.45) is 4.07. The lowest BCUT2D eigenvalue weighted by molar-refractivity contribution is -0.139. The first-order valence-electron chi connectivity index (χ1n) is 8.07. The van der Waals surface area contributed by atoms with E-state index in [9.17, 15) is 14.7 Å². The minimum Gasteiger partial charge on any atom is -0.480 e. The molecule has 2 N–H and O–H groups in total. The van der Waals surface area contributed by atoms with Gasteiger partial charge in [0, 0.05) is 6.42 Å². The van der Waals surface area contributed by atoms with Crippen molar-refractivity contribution in [3.63, 3.8) is 0 Å². The Bertz CT molecular complexity index is 589. The molecule has 1 aromatic rings. The number of rotatable bonds is 4. The molecular weight excluding hydrogens is 294 g/mol. The van der Waals surface area contributed by atoms with E-state index < -0.39 is 23.7 Å². The van der Waals surface area contributed by atoms with Crippen LogP contribution in [0.3, 0.4) is 0 Å². The highest BCUT2D eigenvalue weighted by Gasteiger charge is 2.24. The fourth-order valence-corrected chi connectivity index (χ4v) is 2.80. The molecule has 1 amide bonds. The molecule has 126 valence electrons. The Morgan fingerprint density at radius 1 is 1.22 bits per heavy atom. The highest BCUT2D eigenvalue weighted by atomic mass is 16.6. The normalized spacial score (nSPS) is 15.4. The lowest BCUT2D eigenvalue weighted by atomic mass is 9.89. The Balaban J connectivity index is 2.04. The van der Waals surface area contributed by atoms with Crippen molar-refractivity contribution in [1.29, 1.82) is 0 Å². The molecule has 1 aliphatic rings. The van der Waals surface area contributed by atoms with E-state index in [1.165, 1.54) is 24.0 Å². The fraction of sp³-hybridized carbons (Fsp3) is 0.556. The number of benzene rings is 1. The lowest BCUT2D eigenvalue weighted by Crippen LogP contribution is -2.44. The molecule has 0 unspecified atom stereocenters. The van der Waals surface area contributed by atoms with Gasteiger partial charge in [-0.15, -0.1) is 0 Å². The summed E-state index contributed by atoms with van der Waals surface area (Å²) in [5, 5.41) is 11.8. The van der Waals surface area contributed by atoms with E-state index >= 15 is 0 Å². The van der Waals surface area contributed by atoms with Gasteiger partial charge in [-0.25, -0.2) is 9.59 Å². The summed E-state index contributed by atoms with van der Waals surface area (Å²) in [6, 6.07) is 5.11. The van der Waals surface area contributed by atoms with E-state index in [0.717, 1.165) is 18.4 Å². The monoisotopic (exact) mass is 319 g/mol. The third-order valence-electron chi connectivity index (χ3n) is 3.84. The number of alkyl carbamates (subject to hydrolysis) is 1. The van der Waals surface area contributed by atoms with Crippen LogP contribution in [0.25, 0.3) is 0 Å². The molecule has 0 saturated heterocycles. The molecule has 0 spiro atoms. The van der Waals surface area contributed by atoms with E-state index in [1.807, 2.05) is 6.07 Å². The second-order valence-corrected chi connectivity index (χ2v) is 7.05. The third kappa shape index (κ3) is 5.27. The van der Waals surface area contributed by atoms with E-state index in [0.29, 0.717) is 0 Å². The molecule has 0 heterocycles. The number of nitrogens with one attached hydrogen (secondary N) is 1. The van der Waals surface area contributed by atoms with E-state index in [-0.39, 0.29) is 6.42 Å². The van der Waals surface area contributed by atoms with Crippen molar-refractivity contribution in [2.75, 3.05) is 0 Å². The molecular formula is C18H25NO4. The predicted octanol–water partition coefficient (Wildman–Crippen LogP) is 3.09. The zero-order valence-electron chi connectivity index (χ0n) is 14.0. The SMILES string of the molecule is CC(C)(C)OC(=O)N[C@@H](Cc1ccc2c(c1)CCCC2)C(=O)O. The number of carboxylic acids is 1. The largest absolute Gasteiger partial charge is 0.480 e. The van der Waals surface area contributed by atoms with Crippen molar-refractivity contribution in [3.05, 3.63) is 34.9 Å². The van der Waals surface area contributed by atoms with E-state index in [4.69, 9.17) is 4.74 Å². The van der Waals surface area contributed by atoms with Crippen molar-refractivity contribution in [3.8, 4) is 0 Å². The molecule has 5 nitrogen and oxygen atoms in total. The fourth-order valence-electron chi connectivity index (χ4n) is 2.80. The molecule has 1 atom stereocenters. The molecule has 0 aromatic heterocycles. The van der Waals surface area contributed by atoms with Crippen molar-refractivity contribution < 1.29 is 19.4 Å². The average molecular weight is 319 g/mol.